The van der Waals surface area contributed by atoms with Crippen LogP contribution in [0.2, 0.25) is 0 Å². The largest absolute Gasteiger partial charge is 0.349 e. The summed E-state index contributed by atoms with van der Waals surface area (Å²) in [7, 11) is 3.61. The van der Waals surface area contributed by atoms with E-state index in [1.807, 2.05) is 0 Å². The second-order valence-corrected chi connectivity index (χ2v) is 3.41. The standard InChI is InChI=1S/C11H21NO/c1-4-5-6-7-8-9-10-11(13)12(2)3/h5-6H,4,7-10H2,1-3H3. The summed E-state index contributed by atoms with van der Waals surface area (Å²) >= 11 is 0. The molecule has 0 atom stereocenters. The number of hydrogen-bond acceptors (Lipinski definition) is 1. The lowest BCUT2D eigenvalue weighted by Crippen LogP contribution is -2.20. The van der Waals surface area contributed by atoms with E-state index in [9.17, 15) is 4.79 Å². The first kappa shape index (κ1) is 12.2. The lowest BCUT2D eigenvalue weighted by molar-refractivity contribution is -0.128. The summed E-state index contributed by atoms with van der Waals surface area (Å²) in [6.45, 7) is 2.13. The van der Waals surface area contributed by atoms with Crippen LogP contribution in [0.5, 0.6) is 0 Å². The second kappa shape index (κ2) is 7.84. The molecule has 0 radical (unpaired) electrons. The van der Waals surface area contributed by atoms with Crippen LogP contribution in [-0.4, -0.2) is 24.9 Å². The van der Waals surface area contributed by atoms with Crippen molar-refractivity contribution in [3.63, 3.8) is 0 Å². The van der Waals surface area contributed by atoms with Crippen LogP contribution in [0.1, 0.15) is 39.0 Å². The van der Waals surface area contributed by atoms with Gasteiger partial charge >= 0.3 is 0 Å². The molecule has 1 amide bonds. The quantitative estimate of drug-likeness (QED) is 0.458. The Labute approximate surface area is 81.6 Å². The molecule has 13 heavy (non-hydrogen) atoms. The third kappa shape index (κ3) is 7.57. The molecule has 0 aromatic carbocycles. The van der Waals surface area contributed by atoms with Crippen molar-refractivity contribution in [2.75, 3.05) is 14.1 Å². The van der Waals surface area contributed by atoms with E-state index in [2.05, 4.69) is 19.1 Å². The summed E-state index contributed by atoms with van der Waals surface area (Å²) in [6.07, 6.45) is 9.40. The van der Waals surface area contributed by atoms with Gasteiger partial charge < -0.3 is 4.90 Å². The Balaban J connectivity index is 3.26. The lowest BCUT2D eigenvalue weighted by atomic mass is 10.1. The molecule has 0 aliphatic carbocycles. The summed E-state index contributed by atoms with van der Waals surface area (Å²) in [5.74, 6) is 0.236. The molecular formula is C11H21NO. The fraction of sp³-hybridized carbons (Fsp3) is 0.727. The number of unbranched alkanes of at least 4 members (excludes halogenated alkanes) is 2. The van der Waals surface area contributed by atoms with Gasteiger partial charge in [0.15, 0.2) is 0 Å². The zero-order valence-electron chi connectivity index (χ0n) is 9.05. The lowest BCUT2D eigenvalue weighted by Gasteiger charge is -2.08. The minimum absolute atomic E-state index is 0.236. The van der Waals surface area contributed by atoms with Crippen molar-refractivity contribution in [1.82, 2.24) is 4.90 Å². The fourth-order valence-corrected chi connectivity index (χ4v) is 1.05. The van der Waals surface area contributed by atoms with E-state index in [-0.39, 0.29) is 5.91 Å². The highest BCUT2D eigenvalue weighted by molar-refractivity contribution is 5.75. The zero-order chi connectivity index (χ0) is 10.1. The van der Waals surface area contributed by atoms with E-state index in [4.69, 9.17) is 0 Å². The van der Waals surface area contributed by atoms with E-state index in [0.717, 1.165) is 25.7 Å². The molecule has 2 nitrogen and oxygen atoms in total. The van der Waals surface area contributed by atoms with Crippen LogP contribution >= 0.6 is 0 Å². The highest BCUT2D eigenvalue weighted by Crippen LogP contribution is 2.02. The van der Waals surface area contributed by atoms with Crippen LogP contribution < -0.4 is 0 Å². The van der Waals surface area contributed by atoms with Crippen molar-refractivity contribution in [2.24, 2.45) is 0 Å². The number of allylic oxidation sites excluding steroid dienone is 2. The average Bonchev–Trinajstić information content (AvgIpc) is 2.10. The number of carbonyl (C=O) groups excluding carboxylic acids is 1. The molecule has 0 saturated heterocycles. The normalized spacial score (nSPS) is 10.7. The van der Waals surface area contributed by atoms with Gasteiger partial charge in [0.05, 0.1) is 0 Å². The van der Waals surface area contributed by atoms with Gasteiger partial charge in [-0.05, 0) is 25.7 Å². The zero-order valence-corrected chi connectivity index (χ0v) is 9.05. The van der Waals surface area contributed by atoms with Crippen LogP contribution in [0.25, 0.3) is 0 Å². The van der Waals surface area contributed by atoms with Crippen molar-refractivity contribution in [2.45, 2.75) is 39.0 Å². The third-order valence-electron chi connectivity index (χ3n) is 1.91. The maximum Gasteiger partial charge on any atom is 0.222 e. The Hall–Kier alpha value is -0.790. The monoisotopic (exact) mass is 183 g/mol. The summed E-state index contributed by atoms with van der Waals surface area (Å²) < 4.78 is 0. The molecule has 0 rings (SSSR count). The van der Waals surface area contributed by atoms with E-state index in [0.29, 0.717) is 6.42 Å². The van der Waals surface area contributed by atoms with Crippen molar-refractivity contribution < 1.29 is 4.79 Å². The van der Waals surface area contributed by atoms with Crippen molar-refractivity contribution >= 4 is 5.91 Å². The molecule has 0 spiro atoms. The van der Waals surface area contributed by atoms with Gasteiger partial charge in [-0.15, -0.1) is 0 Å². The summed E-state index contributed by atoms with van der Waals surface area (Å²) in [5.41, 5.74) is 0. The molecule has 0 heterocycles. The van der Waals surface area contributed by atoms with Crippen LogP contribution in [-0.2, 0) is 4.79 Å². The van der Waals surface area contributed by atoms with Gasteiger partial charge in [0.25, 0.3) is 0 Å². The molecule has 0 saturated carbocycles. The molecule has 0 unspecified atom stereocenters. The molecule has 0 aromatic heterocycles. The molecule has 76 valence electrons. The fourth-order valence-electron chi connectivity index (χ4n) is 1.05. The van der Waals surface area contributed by atoms with Gasteiger partial charge in [-0.2, -0.15) is 0 Å². The molecule has 0 aromatic rings. The Morgan fingerprint density at radius 2 is 1.92 bits per heavy atom. The minimum Gasteiger partial charge on any atom is -0.349 e. The molecule has 0 fully saturated rings. The first-order valence-electron chi connectivity index (χ1n) is 5.03. The molecule has 0 aliphatic rings. The Morgan fingerprint density at radius 3 is 2.46 bits per heavy atom. The molecule has 2 heteroatoms. The van der Waals surface area contributed by atoms with Gasteiger partial charge in [-0.3, -0.25) is 4.79 Å². The third-order valence-corrected chi connectivity index (χ3v) is 1.91. The van der Waals surface area contributed by atoms with Crippen molar-refractivity contribution in [3.05, 3.63) is 12.2 Å². The van der Waals surface area contributed by atoms with Crippen LogP contribution in [0.4, 0.5) is 0 Å². The number of carbonyl (C=O) groups is 1. The predicted molar refractivity (Wildman–Crippen MR) is 56.6 cm³/mol. The predicted octanol–water partition coefficient (Wildman–Crippen LogP) is 2.60. The molecule has 0 bridgehead atoms. The van der Waals surface area contributed by atoms with E-state index >= 15 is 0 Å². The summed E-state index contributed by atoms with van der Waals surface area (Å²) in [5, 5.41) is 0. The van der Waals surface area contributed by atoms with Gasteiger partial charge in [0.1, 0.15) is 0 Å². The smallest absolute Gasteiger partial charge is 0.222 e. The highest BCUT2D eigenvalue weighted by atomic mass is 16.2. The van der Waals surface area contributed by atoms with Gasteiger partial charge in [-0.1, -0.05) is 19.1 Å². The van der Waals surface area contributed by atoms with Gasteiger partial charge in [-0.25, -0.2) is 0 Å². The molecular weight excluding hydrogens is 162 g/mol. The number of hydrogen-bond donors (Lipinski definition) is 0. The Bertz CT molecular complexity index is 161. The van der Waals surface area contributed by atoms with Crippen LogP contribution in [0, 0.1) is 0 Å². The maximum absolute atomic E-state index is 11.1. The Morgan fingerprint density at radius 1 is 1.23 bits per heavy atom. The molecule has 0 aliphatic heterocycles. The first-order valence-corrected chi connectivity index (χ1v) is 5.03. The van der Waals surface area contributed by atoms with Crippen molar-refractivity contribution in [3.8, 4) is 0 Å². The average molecular weight is 183 g/mol. The number of rotatable bonds is 6. The van der Waals surface area contributed by atoms with Gasteiger partial charge in [0, 0.05) is 20.5 Å². The summed E-state index contributed by atoms with van der Waals surface area (Å²) in [6, 6.07) is 0. The number of amides is 1. The van der Waals surface area contributed by atoms with E-state index in [1.54, 1.807) is 19.0 Å². The topological polar surface area (TPSA) is 20.3 Å². The Kier molecular flexibility index (Phi) is 7.36. The molecule has 0 N–H and O–H groups in total. The maximum atomic E-state index is 11.1. The van der Waals surface area contributed by atoms with Crippen LogP contribution in [0.15, 0.2) is 12.2 Å². The van der Waals surface area contributed by atoms with Crippen LogP contribution in [0.3, 0.4) is 0 Å². The van der Waals surface area contributed by atoms with E-state index < -0.39 is 0 Å². The number of nitrogens with zero attached hydrogens (tertiary/aromatic N) is 1. The first-order chi connectivity index (χ1) is 6.18. The van der Waals surface area contributed by atoms with Crippen molar-refractivity contribution in [1.29, 1.82) is 0 Å². The summed E-state index contributed by atoms with van der Waals surface area (Å²) in [4.78, 5) is 12.8. The van der Waals surface area contributed by atoms with E-state index in [1.165, 1.54) is 0 Å². The van der Waals surface area contributed by atoms with Gasteiger partial charge in [0.2, 0.25) is 5.91 Å². The minimum atomic E-state index is 0.236. The SMILES string of the molecule is CCC=CCCCCC(=O)N(C)C. The highest BCUT2D eigenvalue weighted by Gasteiger charge is 2.01. The second-order valence-electron chi connectivity index (χ2n) is 3.41.